The summed E-state index contributed by atoms with van der Waals surface area (Å²) < 4.78 is 0. The van der Waals surface area contributed by atoms with Crippen LogP contribution in [0.3, 0.4) is 0 Å². The molecule has 3 aliphatic rings. The molecule has 30 heavy (non-hydrogen) atoms. The summed E-state index contributed by atoms with van der Waals surface area (Å²) >= 11 is 0. The SMILES string of the molecule is CCc1cc(C(=O)N2C[C@H]3C[C@@H](C2)[C@H](Cc2ccccc2)N2C(=O)CCC[C@@H]32)n[nH]1. The summed E-state index contributed by atoms with van der Waals surface area (Å²) in [6, 6.07) is 12.8. The maximum absolute atomic E-state index is 13.2. The number of aryl methyl sites for hydroxylation is 1. The Morgan fingerprint density at radius 2 is 2.00 bits per heavy atom. The molecule has 3 saturated heterocycles. The number of hydrogen-bond donors (Lipinski definition) is 1. The smallest absolute Gasteiger partial charge is 0.274 e. The summed E-state index contributed by atoms with van der Waals surface area (Å²) in [5.74, 6) is 1.01. The van der Waals surface area contributed by atoms with Crippen LogP contribution >= 0.6 is 0 Å². The van der Waals surface area contributed by atoms with E-state index < -0.39 is 0 Å². The zero-order chi connectivity index (χ0) is 20.7. The maximum Gasteiger partial charge on any atom is 0.274 e. The number of likely N-dealkylation sites (tertiary alicyclic amines) is 1. The van der Waals surface area contributed by atoms with Crippen molar-refractivity contribution in [1.29, 1.82) is 0 Å². The van der Waals surface area contributed by atoms with E-state index in [1.54, 1.807) is 0 Å². The van der Waals surface area contributed by atoms with Gasteiger partial charge in [0.05, 0.1) is 0 Å². The Labute approximate surface area is 177 Å². The number of rotatable bonds is 4. The van der Waals surface area contributed by atoms with Gasteiger partial charge in [0.25, 0.3) is 5.91 Å². The molecular weight excluding hydrogens is 376 g/mol. The number of nitrogens with zero attached hydrogens (tertiary/aromatic N) is 3. The molecule has 0 aliphatic carbocycles. The highest BCUT2D eigenvalue weighted by atomic mass is 16.2. The van der Waals surface area contributed by atoms with Gasteiger partial charge in [0.2, 0.25) is 5.91 Å². The molecule has 2 aromatic rings. The predicted octanol–water partition coefficient (Wildman–Crippen LogP) is 3.06. The second-order valence-corrected chi connectivity index (χ2v) is 9.12. The monoisotopic (exact) mass is 406 g/mol. The van der Waals surface area contributed by atoms with Crippen molar-refractivity contribution in [2.24, 2.45) is 11.8 Å². The number of aromatic amines is 1. The van der Waals surface area contributed by atoms with E-state index in [1.165, 1.54) is 5.56 Å². The van der Waals surface area contributed by atoms with Gasteiger partial charge >= 0.3 is 0 Å². The summed E-state index contributed by atoms with van der Waals surface area (Å²) in [4.78, 5) is 30.4. The lowest BCUT2D eigenvalue weighted by Crippen LogP contribution is -2.66. The Morgan fingerprint density at radius 1 is 1.20 bits per heavy atom. The number of fused-ring (bicyclic) bond motifs is 4. The Bertz CT molecular complexity index is 924. The molecule has 6 nitrogen and oxygen atoms in total. The van der Waals surface area contributed by atoms with Crippen LogP contribution < -0.4 is 0 Å². The van der Waals surface area contributed by atoms with Gasteiger partial charge in [0.15, 0.2) is 0 Å². The third kappa shape index (κ3) is 3.42. The van der Waals surface area contributed by atoms with Crippen molar-refractivity contribution in [3.05, 3.63) is 53.3 Å². The molecule has 5 rings (SSSR count). The van der Waals surface area contributed by atoms with Crippen LogP contribution in [0.15, 0.2) is 36.4 Å². The first-order valence-corrected chi connectivity index (χ1v) is 11.3. The van der Waals surface area contributed by atoms with E-state index in [0.29, 0.717) is 36.4 Å². The van der Waals surface area contributed by atoms with Crippen LogP contribution in [0.2, 0.25) is 0 Å². The van der Waals surface area contributed by atoms with Crippen LogP contribution in [0.4, 0.5) is 0 Å². The fourth-order valence-electron chi connectivity index (χ4n) is 5.87. The average molecular weight is 407 g/mol. The number of nitrogens with one attached hydrogen (secondary N) is 1. The third-order valence-corrected chi connectivity index (χ3v) is 7.30. The van der Waals surface area contributed by atoms with Gasteiger partial charge in [-0.2, -0.15) is 5.10 Å². The lowest BCUT2D eigenvalue weighted by molar-refractivity contribution is -0.151. The number of aromatic nitrogens is 2. The second-order valence-electron chi connectivity index (χ2n) is 9.12. The third-order valence-electron chi connectivity index (χ3n) is 7.30. The summed E-state index contributed by atoms with van der Waals surface area (Å²) in [6.45, 7) is 3.49. The quantitative estimate of drug-likeness (QED) is 0.848. The van der Waals surface area contributed by atoms with E-state index in [9.17, 15) is 9.59 Å². The Kier molecular flexibility index (Phi) is 5.09. The summed E-state index contributed by atoms with van der Waals surface area (Å²) in [7, 11) is 0. The van der Waals surface area contributed by atoms with Gasteiger partial charge < -0.3 is 9.80 Å². The number of carbonyl (C=O) groups excluding carboxylic acids is 2. The fourth-order valence-corrected chi connectivity index (χ4v) is 5.87. The van der Waals surface area contributed by atoms with Crippen molar-refractivity contribution >= 4 is 11.8 Å². The molecule has 1 N–H and O–H groups in total. The van der Waals surface area contributed by atoms with Gasteiger partial charge in [-0.05, 0) is 55.6 Å². The van der Waals surface area contributed by atoms with E-state index in [2.05, 4.69) is 46.3 Å². The molecule has 0 spiro atoms. The van der Waals surface area contributed by atoms with Crippen molar-refractivity contribution in [1.82, 2.24) is 20.0 Å². The highest BCUT2D eigenvalue weighted by molar-refractivity contribution is 5.92. The number of carbonyl (C=O) groups is 2. The minimum absolute atomic E-state index is 0.0229. The number of piperidine rings is 3. The Balaban J connectivity index is 1.42. The zero-order valence-corrected chi connectivity index (χ0v) is 17.6. The summed E-state index contributed by atoms with van der Waals surface area (Å²) in [6.07, 6.45) is 5.49. The number of benzene rings is 1. The van der Waals surface area contributed by atoms with Crippen LogP contribution in [0.25, 0.3) is 0 Å². The van der Waals surface area contributed by atoms with Gasteiger partial charge in [-0.3, -0.25) is 14.7 Å². The molecule has 2 amide bonds. The first-order chi connectivity index (χ1) is 14.6. The van der Waals surface area contributed by atoms with Gasteiger partial charge in [0.1, 0.15) is 5.69 Å². The minimum Gasteiger partial charge on any atom is -0.337 e. The summed E-state index contributed by atoms with van der Waals surface area (Å²) in [5.41, 5.74) is 2.77. The molecule has 0 saturated carbocycles. The first-order valence-electron chi connectivity index (χ1n) is 11.3. The normalized spacial score (nSPS) is 28.4. The zero-order valence-electron chi connectivity index (χ0n) is 17.6. The van der Waals surface area contributed by atoms with Crippen molar-refractivity contribution in [3.8, 4) is 0 Å². The fraction of sp³-hybridized carbons (Fsp3) is 0.542. The van der Waals surface area contributed by atoms with Crippen molar-refractivity contribution in [2.45, 2.75) is 57.5 Å². The number of hydrogen-bond acceptors (Lipinski definition) is 3. The molecule has 2 bridgehead atoms. The van der Waals surface area contributed by atoms with Crippen molar-refractivity contribution < 1.29 is 9.59 Å². The maximum atomic E-state index is 13.2. The van der Waals surface area contributed by atoms with E-state index in [0.717, 1.165) is 44.3 Å². The highest BCUT2D eigenvalue weighted by Crippen LogP contribution is 2.42. The molecule has 3 fully saturated rings. The topological polar surface area (TPSA) is 69.3 Å². The Hall–Kier alpha value is -2.63. The van der Waals surface area contributed by atoms with Crippen molar-refractivity contribution in [3.63, 3.8) is 0 Å². The molecule has 158 valence electrons. The molecular formula is C24H30N4O2. The Morgan fingerprint density at radius 3 is 2.77 bits per heavy atom. The standard InChI is InChI=1S/C24H30N4O2/c1-2-19-13-20(26-25-19)24(30)27-14-17-12-18(15-27)22(11-16-7-4-3-5-8-16)28-21(17)9-6-10-23(28)29/h3-5,7-8,13,17-18,21-22H,2,6,9-12,14-15H2,1H3,(H,25,26)/t17-,18+,21+,22+/m1/s1. The number of amides is 2. The van der Waals surface area contributed by atoms with Crippen molar-refractivity contribution in [2.75, 3.05) is 13.1 Å². The molecule has 3 aliphatic heterocycles. The van der Waals surface area contributed by atoms with Gasteiger partial charge in [-0.1, -0.05) is 37.3 Å². The average Bonchev–Trinajstić information content (AvgIpc) is 3.26. The minimum atomic E-state index is 0.0229. The van der Waals surface area contributed by atoms with E-state index in [-0.39, 0.29) is 18.0 Å². The van der Waals surface area contributed by atoms with Crippen LogP contribution in [0.1, 0.15) is 54.4 Å². The predicted molar refractivity (Wildman–Crippen MR) is 114 cm³/mol. The van der Waals surface area contributed by atoms with E-state index in [1.807, 2.05) is 17.0 Å². The lowest BCUT2D eigenvalue weighted by atomic mass is 9.70. The molecule has 1 aromatic heterocycles. The van der Waals surface area contributed by atoms with E-state index in [4.69, 9.17) is 0 Å². The molecule has 6 heteroatoms. The first kappa shape index (κ1) is 19.3. The van der Waals surface area contributed by atoms with Crippen LogP contribution in [-0.4, -0.2) is 57.0 Å². The molecule has 0 radical (unpaired) electrons. The van der Waals surface area contributed by atoms with Gasteiger partial charge in [-0.25, -0.2) is 0 Å². The van der Waals surface area contributed by atoms with Crippen LogP contribution in [0.5, 0.6) is 0 Å². The van der Waals surface area contributed by atoms with Gasteiger partial charge in [0, 0.05) is 37.3 Å². The molecule has 4 heterocycles. The lowest BCUT2D eigenvalue weighted by Gasteiger charge is -2.56. The summed E-state index contributed by atoms with van der Waals surface area (Å²) in [5, 5.41) is 7.22. The molecule has 4 atom stereocenters. The second kappa shape index (κ2) is 7.89. The number of H-pyrrole nitrogens is 1. The molecule has 1 aromatic carbocycles. The largest absolute Gasteiger partial charge is 0.337 e. The highest BCUT2D eigenvalue weighted by Gasteiger charge is 2.50. The molecule has 0 unspecified atom stereocenters. The van der Waals surface area contributed by atoms with Crippen LogP contribution in [-0.2, 0) is 17.6 Å². The van der Waals surface area contributed by atoms with E-state index >= 15 is 0 Å². The van der Waals surface area contributed by atoms with Crippen LogP contribution in [0, 0.1) is 11.8 Å². The van der Waals surface area contributed by atoms with Gasteiger partial charge in [-0.15, -0.1) is 0 Å².